The minimum atomic E-state index is -3.21. The first-order chi connectivity index (χ1) is 6.09. The molecule has 0 atom stereocenters. The largest absolute Gasteiger partial charge is 1.00 e. The molecular weight excluding hydrogens is 214 g/mol. The van der Waals surface area contributed by atoms with Crippen LogP contribution in [0.4, 0.5) is 0 Å². The molecule has 56 valence electrons. The van der Waals surface area contributed by atoms with Crippen LogP contribution in [-0.2, 0) is 9.59 Å². The van der Waals surface area contributed by atoms with Crippen molar-refractivity contribution in [2.24, 2.45) is 5.41 Å². The fraction of sp³-hybridized carbons (Fsp3) is 0.667. The normalized spacial score (nSPS) is 31.0. The zero-order valence-corrected chi connectivity index (χ0v) is 13.1. The third-order valence-electron chi connectivity index (χ3n) is 1.32. The number of carboxylic acids is 2. The Labute approximate surface area is 161 Å². The molecule has 1 fully saturated rings. The summed E-state index contributed by atoms with van der Waals surface area (Å²) in [7, 11) is 0. The summed E-state index contributed by atoms with van der Waals surface area (Å²) in [4.78, 5) is 21.1. The maximum atomic E-state index is 10.6. The molecule has 0 amide bonds. The van der Waals surface area contributed by atoms with Crippen LogP contribution in [0.1, 0.15) is 24.6 Å². The Balaban J connectivity index is 0. The summed E-state index contributed by atoms with van der Waals surface area (Å²) >= 11 is 0. The minimum Gasteiger partial charge on any atom is -0.549 e. The molecule has 0 aromatic heterocycles. The van der Waals surface area contributed by atoms with Crippen molar-refractivity contribution >= 4 is 11.9 Å². The quantitative estimate of drug-likeness (QED) is 0.345. The maximum absolute atomic E-state index is 10.6. The standard InChI is InChI=1S/C6H8O4.2K/c7-4(8)6(5(9)10)2-1-3-6;;/h1-3H2,(H,7,8)(H,9,10);;/q;2*+1/p-2/i2D2,3D2;;. The first-order valence-electron chi connectivity index (χ1n) is 4.52. The summed E-state index contributed by atoms with van der Waals surface area (Å²) in [6.45, 7) is 0. The summed E-state index contributed by atoms with van der Waals surface area (Å²) < 4.78 is 28.3. The van der Waals surface area contributed by atoms with E-state index < -0.39 is 36.5 Å². The van der Waals surface area contributed by atoms with Crippen LogP contribution in [0.25, 0.3) is 0 Å². The Morgan fingerprint density at radius 1 is 1.17 bits per heavy atom. The van der Waals surface area contributed by atoms with Gasteiger partial charge in [-0.25, -0.2) is 0 Å². The summed E-state index contributed by atoms with van der Waals surface area (Å²) in [5, 5.41) is 21.1. The first kappa shape index (κ1) is 9.44. The van der Waals surface area contributed by atoms with Gasteiger partial charge in [-0.15, -0.1) is 0 Å². The fourth-order valence-electron chi connectivity index (χ4n) is 0.637. The molecule has 0 unspecified atom stereocenters. The van der Waals surface area contributed by atoms with Gasteiger partial charge in [0.15, 0.2) is 0 Å². The molecule has 0 aliphatic heterocycles. The van der Waals surface area contributed by atoms with Crippen LogP contribution in [0, 0.1) is 5.41 Å². The van der Waals surface area contributed by atoms with Gasteiger partial charge in [-0.3, -0.25) is 0 Å². The topological polar surface area (TPSA) is 80.3 Å². The van der Waals surface area contributed by atoms with Crippen LogP contribution in [0.2, 0.25) is 0 Å². The van der Waals surface area contributed by atoms with Crippen molar-refractivity contribution in [1.29, 1.82) is 0 Å². The van der Waals surface area contributed by atoms with Gasteiger partial charge in [0.2, 0.25) is 0 Å². The zero-order valence-electron chi connectivity index (χ0n) is 10.8. The predicted octanol–water partition coefficient (Wildman–Crippen LogP) is -8.34. The van der Waals surface area contributed by atoms with Gasteiger partial charge < -0.3 is 19.8 Å². The van der Waals surface area contributed by atoms with E-state index in [-0.39, 0.29) is 103 Å². The van der Waals surface area contributed by atoms with Crippen LogP contribution in [0.5, 0.6) is 0 Å². The average Bonchev–Trinajstić information content (AvgIpc) is 1.77. The second kappa shape index (κ2) is 6.65. The van der Waals surface area contributed by atoms with Crippen molar-refractivity contribution in [3.8, 4) is 0 Å². The fourth-order valence-corrected chi connectivity index (χ4v) is 0.637. The van der Waals surface area contributed by atoms with Crippen LogP contribution in [-0.4, -0.2) is 11.9 Å². The molecule has 0 radical (unpaired) electrons. The van der Waals surface area contributed by atoms with E-state index in [9.17, 15) is 19.8 Å². The summed E-state index contributed by atoms with van der Waals surface area (Å²) in [6.07, 6.45) is -6.18. The van der Waals surface area contributed by atoms with Crippen molar-refractivity contribution in [2.75, 3.05) is 0 Å². The number of aliphatic carboxylic acids is 2. The maximum Gasteiger partial charge on any atom is 1.00 e. The van der Waals surface area contributed by atoms with E-state index in [0.717, 1.165) is 0 Å². The van der Waals surface area contributed by atoms with E-state index in [0.29, 0.717) is 0 Å². The van der Waals surface area contributed by atoms with E-state index in [1.54, 1.807) is 0 Å². The Morgan fingerprint density at radius 3 is 1.58 bits per heavy atom. The molecular formula is C6H6K2O4. The predicted molar refractivity (Wildman–Crippen MR) is 26.3 cm³/mol. The molecule has 1 rings (SSSR count). The Kier molecular flexibility index (Phi) is 5.23. The molecule has 0 aromatic rings. The van der Waals surface area contributed by atoms with E-state index >= 15 is 0 Å². The van der Waals surface area contributed by atoms with Gasteiger partial charge in [-0.05, 0) is 12.7 Å². The SMILES string of the molecule is [2H]C1([2H])CC([2H])([2H])C1(C(=O)[O-])C(=O)[O-].[K+].[K+]. The second-order valence-electron chi connectivity index (χ2n) is 1.86. The van der Waals surface area contributed by atoms with Gasteiger partial charge in [0.05, 0.1) is 11.9 Å². The van der Waals surface area contributed by atoms with Crippen LogP contribution in [0.15, 0.2) is 0 Å². The van der Waals surface area contributed by atoms with Crippen molar-refractivity contribution in [2.45, 2.75) is 19.2 Å². The Morgan fingerprint density at radius 2 is 1.50 bits per heavy atom. The molecule has 0 heterocycles. The number of rotatable bonds is 2. The summed E-state index contributed by atoms with van der Waals surface area (Å²) in [5.74, 6) is -4.59. The number of carboxylic acid groups (broad SMARTS) is 2. The Hall–Kier alpha value is 2.21. The smallest absolute Gasteiger partial charge is 0.549 e. The molecule has 0 bridgehead atoms. The van der Waals surface area contributed by atoms with Gasteiger partial charge in [-0.2, -0.15) is 0 Å². The van der Waals surface area contributed by atoms with Crippen LogP contribution in [0.3, 0.4) is 0 Å². The molecule has 6 heteroatoms. The van der Waals surface area contributed by atoms with Gasteiger partial charge in [0.25, 0.3) is 0 Å². The molecule has 0 N–H and O–H groups in total. The molecule has 0 saturated heterocycles. The number of carbonyl (C=O) groups is 2. The van der Waals surface area contributed by atoms with Gasteiger partial charge in [-0.1, -0.05) is 6.42 Å². The van der Waals surface area contributed by atoms with Crippen molar-refractivity contribution in [3.05, 3.63) is 0 Å². The van der Waals surface area contributed by atoms with E-state index in [1.807, 2.05) is 0 Å². The van der Waals surface area contributed by atoms with Gasteiger partial charge >= 0.3 is 103 Å². The molecule has 0 spiro atoms. The van der Waals surface area contributed by atoms with E-state index in [4.69, 9.17) is 5.48 Å². The monoisotopic (exact) mass is 224 g/mol. The van der Waals surface area contributed by atoms with Gasteiger partial charge in [0.1, 0.15) is 0 Å². The molecule has 4 nitrogen and oxygen atoms in total. The third kappa shape index (κ3) is 3.11. The third-order valence-corrected chi connectivity index (χ3v) is 1.32. The van der Waals surface area contributed by atoms with Crippen LogP contribution < -0.4 is 113 Å². The van der Waals surface area contributed by atoms with E-state index in [1.165, 1.54) is 0 Å². The average molecular weight is 224 g/mol. The number of hydrogen-bond acceptors (Lipinski definition) is 4. The summed E-state index contributed by atoms with van der Waals surface area (Å²) in [6, 6.07) is 0. The molecule has 1 aliphatic rings. The summed E-state index contributed by atoms with van der Waals surface area (Å²) in [5.41, 5.74) is -3.21. The zero-order chi connectivity index (χ0) is 11.4. The second-order valence-corrected chi connectivity index (χ2v) is 1.86. The van der Waals surface area contributed by atoms with Crippen molar-refractivity contribution in [1.82, 2.24) is 0 Å². The van der Waals surface area contributed by atoms with Crippen LogP contribution >= 0.6 is 0 Å². The molecule has 0 aromatic carbocycles. The Bertz CT molecular complexity index is 290. The number of carbonyl (C=O) groups excluding carboxylic acids is 2. The molecule has 1 aliphatic carbocycles. The molecule has 1 saturated carbocycles. The van der Waals surface area contributed by atoms with Crippen molar-refractivity contribution in [3.63, 3.8) is 0 Å². The van der Waals surface area contributed by atoms with E-state index in [2.05, 4.69) is 0 Å². The number of hydrogen-bond donors (Lipinski definition) is 0. The first-order valence-corrected chi connectivity index (χ1v) is 2.52. The van der Waals surface area contributed by atoms with Crippen molar-refractivity contribution < 1.29 is 128 Å². The molecule has 12 heavy (non-hydrogen) atoms. The minimum absolute atomic E-state index is 0. The van der Waals surface area contributed by atoms with Gasteiger partial charge in [0, 0.05) is 10.9 Å².